The molecule has 0 aromatic heterocycles. The zero-order valence-corrected chi connectivity index (χ0v) is 13.2. The van der Waals surface area contributed by atoms with Gasteiger partial charge in [-0.15, -0.1) is 0 Å². The Morgan fingerprint density at radius 1 is 1.39 bits per heavy atom. The summed E-state index contributed by atoms with van der Waals surface area (Å²) in [4.78, 5) is 35.8. The maximum atomic E-state index is 12.5. The third-order valence-electron chi connectivity index (χ3n) is 4.15. The van der Waals surface area contributed by atoms with Gasteiger partial charge in [0, 0.05) is 30.3 Å². The van der Waals surface area contributed by atoms with Crippen LogP contribution in [0.25, 0.3) is 0 Å². The van der Waals surface area contributed by atoms with Gasteiger partial charge >= 0.3 is 5.97 Å². The second-order valence-electron chi connectivity index (χ2n) is 6.11. The Morgan fingerprint density at radius 2 is 2.09 bits per heavy atom. The van der Waals surface area contributed by atoms with Crippen molar-refractivity contribution in [3.05, 3.63) is 39.4 Å². The highest BCUT2D eigenvalue weighted by Crippen LogP contribution is 2.28. The van der Waals surface area contributed by atoms with Crippen LogP contribution in [0.1, 0.15) is 48.5 Å². The predicted molar refractivity (Wildman–Crippen MR) is 83.4 cm³/mol. The molecule has 124 valence electrons. The van der Waals surface area contributed by atoms with Crippen LogP contribution in [0.3, 0.4) is 0 Å². The number of nitro groups is 1. The van der Waals surface area contributed by atoms with Gasteiger partial charge in [-0.25, -0.2) is 0 Å². The summed E-state index contributed by atoms with van der Waals surface area (Å²) < 4.78 is 0. The molecule has 1 fully saturated rings. The lowest BCUT2D eigenvalue weighted by molar-refractivity contribution is -0.385. The van der Waals surface area contributed by atoms with Crippen molar-refractivity contribution in [3.63, 3.8) is 0 Å². The molecule has 1 aromatic rings. The summed E-state index contributed by atoms with van der Waals surface area (Å²) in [5.74, 6) is -1.86. The number of carbonyl (C=O) groups excluding carboxylic acids is 1. The van der Waals surface area contributed by atoms with Crippen LogP contribution in [0.5, 0.6) is 0 Å². The summed E-state index contributed by atoms with van der Waals surface area (Å²) in [6.45, 7) is 4.33. The molecule has 1 N–H and O–H groups in total. The molecule has 7 heteroatoms. The number of rotatable bonds is 4. The lowest BCUT2D eigenvalue weighted by atomic mass is 9.96. The summed E-state index contributed by atoms with van der Waals surface area (Å²) >= 11 is 0. The van der Waals surface area contributed by atoms with Crippen molar-refractivity contribution in [2.75, 3.05) is 13.1 Å². The van der Waals surface area contributed by atoms with Crippen molar-refractivity contribution in [2.45, 2.75) is 32.6 Å². The zero-order chi connectivity index (χ0) is 17.1. The number of nitrogens with zero attached hydrogens (tertiary/aromatic N) is 2. The third-order valence-corrected chi connectivity index (χ3v) is 4.15. The molecule has 23 heavy (non-hydrogen) atoms. The minimum Gasteiger partial charge on any atom is -0.481 e. The maximum absolute atomic E-state index is 12.5. The monoisotopic (exact) mass is 320 g/mol. The lowest BCUT2D eigenvalue weighted by Gasteiger charge is -2.30. The first-order valence-electron chi connectivity index (χ1n) is 7.61. The van der Waals surface area contributed by atoms with E-state index < -0.39 is 16.8 Å². The number of likely N-dealkylation sites (tertiary alicyclic amines) is 1. The molecule has 1 amide bonds. The Balaban J connectivity index is 2.27. The molecule has 1 aliphatic heterocycles. The number of hydrogen-bond acceptors (Lipinski definition) is 4. The first-order valence-corrected chi connectivity index (χ1v) is 7.61. The molecule has 0 bridgehead atoms. The first-order chi connectivity index (χ1) is 10.8. The van der Waals surface area contributed by atoms with Crippen LogP contribution in [0.2, 0.25) is 0 Å². The van der Waals surface area contributed by atoms with E-state index in [1.807, 2.05) is 13.8 Å². The van der Waals surface area contributed by atoms with Gasteiger partial charge in [0.25, 0.3) is 11.6 Å². The second kappa shape index (κ2) is 6.76. The molecular weight excluding hydrogens is 300 g/mol. The topological polar surface area (TPSA) is 101 Å². The summed E-state index contributed by atoms with van der Waals surface area (Å²) in [7, 11) is 0. The average molecular weight is 320 g/mol. The highest BCUT2D eigenvalue weighted by Gasteiger charge is 2.29. The molecule has 1 aromatic carbocycles. The van der Waals surface area contributed by atoms with Crippen molar-refractivity contribution < 1.29 is 19.6 Å². The number of benzene rings is 1. The van der Waals surface area contributed by atoms with Gasteiger partial charge in [-0.05, 0) is 24.8 Å². The smallest absolute Gasteiger partial charge is 0.308 e. The zero-order valence-electron chi connectivity index (χ0n) is 13.2. The van der Waals surface area contributed by atoms with Crippen molar-refractivity contribution in [1.29, 1.82) is 0 Å². The van der Waals surface area contributed by atoms with Gasteiger partial charge in [0.1, 0.15) is 0 Å². The SMILES string of the molecule is CC(C)c1ccc(C(=O)N2CCC[C@H](C(=O)O)C2)cc1[N+](=O)[O-]. The van der Waals surface area contributed by atoms with Crippen LogP contribution in [0, 0.1) is 16.0 Å². The molecule has 0 radical (unpaired) electrons. The summed E-state index contributed by atoms with van der Waals surface area (Å²) in [5, 5.41) is 20.3. The van der Waals surface area contributed by atoms with Gasteiger partial charge in [-0.3, -0.25) is 19.7 Å². The fourth-order valence-electron chi connectivity index (χ4n) is 2.87. The van der Waals surface area contributed by atoms with E-state index in [-0.39, 0.29) is 29.6 Å². The number of carboxylic acid groups (broad SMARTS) is 1. The summed E-state index contributed by atoms with van der Waals surface area (Å²) in [6, 6.07) is 4.48. The van der Waals surface area contributed by atoms with Crippen LogP contribution in [0.15, 0.2) is 18.2 Å². The number of hydrogen-bond donors (Lipinski definition) is 1. The number of nitro benzene ring substituents is 1. The Morgan fingerprint density at radius 3 is 2.65 bits per heavy atom. The quantitative estimate of drug-likeness (QED) is 0.679. The van der Waals surface area contributed by atoms with Gasteiger partial charge in [0.15, 0.2) is 0 Å². The minimum absolute atomic E-state index is 0.0223. The van der Waals surface area contributed by atoms with Crippen LogP contribution in [-0.4, -0.2) is 39.9 Å². The van der Waals surface area contributed by atoms with Crippen LogP contribution in [0.4, 0.5) is 5.69 Å². The number of aliphatic carboxylic acids is 1. The second-order valence-corrected chi connectivity index (χ2v) is 6.11. The molecule has 1 aliphatic rings. The van der Waals surface area contributed by atoms with Gasteiger partial charge in [-0.2, -0.15) is 0 Å². The molecule has 2 rings (SSSR count). The molecule has 7 nitrogen and oxygen atoms in total. The number of carboxylic acids is 1. The van der Waals surface area contributed by atoms with E-state index in [1.165, 1.54) is 11.0 Å². The molecule has 0 spiro atoms. The molecule has 1 saturated heterocycles. The van der Waals surface area contributed by atoms with Gasteiger partial charge in [0.2, 0.25) is 0 Å². The highest BCUT2D eigenvalue weighted by molar-refractivity contribution is 5.95. The van der Waals surface area contributed by atoms with Crippen LogP contribution < -0.4 is 0 Å². The van der Waals surface area contributed by atoms with Gasteiger partial charge in [0.05, 0.1) is 10.8 Å². The van der Waals surface area contributed by atoms with Gasteiger partial charge in [-0.1, -0.05) is 19.9 Å². The third kappa shape index (κ3) is 3.67. The van der Waals surface area contributed by atoms with E-state index >= 15 is 0 Å². The number of piperidine rings is 1. The summed E-state index contributed by atoms with van der Waals surface area (Å²) in [5.41, 5.74) is 0.735. The van der Waals surface area contributed by atoms with Gasteiger partial charge < -0.3 is 10.0 Å². The molecule has 0 unspecified atom stereocenters. The Hall–Kier alpha value is -2.44. The fraction of sp³-hybridized carbons (Fsp3) is 0.500. The molecule has 0 aliphatic carbocycles. The standard InChI is InChI=1S/C16H20N2O5/c1-10(2)13-6-5-11(8-14(13)18(22)23)15(19)17-7-3-4-12(9-17)16(20)21/h5-6,8,10,12H,3-4,7,9H2,1-2H3,(H,20,21)/t12-/m0/s1. The van der Waals surface area contributed by atoms with E-state index in [2.05, 4.69) is 0 Å². The van der Waals surface area contributed by atoms with Crippen LogP contribution in [-0.2, 0) is 4.79 Å². The summed E-state index contributed by atoms with van der Waals surface area (Å²) in [6.07, 6.45) is 1.17. The molecule has 0 saturated carbocycles. The largest absolute Gasteiger partial charge is 0.481 e. The van der Waals surface area contributed by atoms with E-state index in [0.29, 0.717) is 24.9 Å². The first kappa shape index (κ1) is 16.9. The van der Waals surface area contributed by atoms with Crippen molar-refractivity contribution in [1.82, 2.24) is 4.90 Å². The van der Waals surface area contributed by atoms with Crippen molar-refractivity contribution in [3.8, 4) is 0 Å². The van der Waals surface area contributed by atoms with Crippen molar-refractivity contribution >= 4 is 17.6 Å². The Bertz CT molecular complexity index is 641. The maximum Gasteiger partial charge on any atom is 0.308 e. The average Bonchev–Trinajstić information content (AvgIpc) is 2.53. The highest BCUT2D eigenvalue weighted by atomic mass is 16.6. The van der Waals surface area contributed by atoms with E-state index in [9.17, 15) is 19.7 Å². The van der Waals surface area contributed by atoms with E-state index in [4.69, 9.17) is 5.11 Å². The van der Waals surface area contributed by atoms with Crippen LogP contribution >= 0.6 is 0 Å². The van der Waals surface area contributed by atoms with Crippen molar-refractivity contribution in [2.24, 2.45) is 5.92 Å². The predicted octanol–water partition coefficient (Wildman–Crippen LogP) is 2.66. The molecule has 1 atom stereocenters. The molecular formula is C16H20N2O5. The van der Waals surface area contributed by atoms with E-state index in [0.717, 1.165) is 0 Å². The Kier molecular flexibility index (Phi) is 4.98. The number of amides is 1. The lowest BCUT2D eigenvalue weighted by Crippen LogP contribution is -2.42. The fourth-order valence-corrected chi connectivity index (χ4v) is 2.87. The molecule has 1 heterocycles. The minimum atomic E-state index is -0.913. The normalized spacial score (nSPS) is 18.0. The Labute approximate surface area is 134 Å². The van der Waals surface area contributed by atoms with E-state index in [1.54, 1.807) is 12.1 Å². The number of carbonyl (C=O) groups is 2.